The van der Waals surface area contributed by atoms with E-state index >= 15 is 0 Å². The first-order valence-electron chi connectivity index (χ1n) is 12.6. The van der Waals surface area contributed by atoms with E-state index < -0.39 is 33.4 Å². The van der Waals surface area contributed by atoms with Gasteiger partial charge in [0.2, 0.25) is 0 Å². The summed E-state index contributed by atoms with van der Waals surface area (Å²) in [6.45, 7) is 0. The van der Waals surface area contributed by atoms with Crippen LogP contribution in [-0.4, -0.2) is 78.5 Å². The van der Waals surface area contributed by atoms with Gasteiger partial charge in [-0.25, -0.2) is 8.42 Å². The van der Waals surface area contributed by atoms with Crippen molar-refractivity contribution in [1.82, 2.24) is 0 Å². The largest absolute Gasteiger partial charge is 0.743 e. The molecule has 0 radical (unpaired) electrons. The SMILES string of the molecule is CN(C)c1ccc([S+](c2ccc(N(C)C)cc2)c2ccc(N(C)C)cc2)cc1.O=S(=O)([O-])C(F)(F)C(F)(F)C(F)(F)C(F)(F)F. The monoisotopic (exact) mass is 691 g/mol. The second-order valence-corrected chi connectivity index (χ2v) is 13.5. The molecule has 0 aliphatic carbocycles. The van der Waals surface area contributed by atoms with Crippen LogP contribution in [0.1, 0.15) is 0 Å². The third kappa shape index (κ3) is 8.10. The van der Waals surface area contributed by atoms with Crippen LogP contribution in [0.4, 0.5) is 56.6 Å². The van der Waals surface area contributed by atoms with E-state index in [9.17, 15) is 52.5 Å². The summed E-state index contributed by atoms with van der Waals surface area (Å²) in [6.07, 6.45) is -7.16. The molecule has 3 aromatic rings. The predicted octanol–water partition coefficient (Wildman–Crippen LogP) is 6.94. The van der Waals surface area contributed by atoms with Crippen molar-refractivity contribution in [2.24, 2.45) is 0 Å². The Labute approximate surface area is 258 Å². The van der Waals surface area contributed by atoms with E-state index in [0.717, 1.165) is 0 Å². The fraction of sp³-hybridized carbons (Fsp3) is 0.357. The van der Waals surface area contributed by atoms with E-state index in [-0.39, 0.29) is 10.9 Å². The molecule has 0 bridgehead atoms. The van der Waals surface area contributed by atoms with Crippen LogP contribution >= 0.6 is 0 Å². The quantitative estimate of drug-likeness (QED) is 0.138. The smallest absolute Gasteiger partial charge is 0.460 e. The van der Waals surface area contributed by atoms with Gasteiger partial charge in [-0.3, -0.25) is 0 Å². The number of halogens is 9. The maximum absolute atomic E-state index is 12.2. The molecule has 3 aromatic carbocycles. The second-order valence-electron chi connectivity index (χ2n) is 10.1. The van der Waals surface area contributed by atoms with E-state index in [1.165, 1.54) is 31.7 Å². The molecule has 0 aromatic heterocycles. The van der Waals surface area contributed by atoms with Gasteiger partial charge < -0.3 is 19.3 Å². The van der Waals surface area contributed by atoms with Crippen molar-refractivity contribution in [3.05, 3.63) is 72.8 Å². The Morgan fingerprint density at radius 3 is 0.933 bits per heavy atom. The van der Waals surface area contributed by atoms with Gasteiger partial charge in [0, 0.05) is 59.3 Å². The van der Waals surface area contributed by atoms with Crippen LogP contribution in [0.2, 0.25) is 0 Å². The Hall–Kier alpha value is -3.31. The number of nitrogens with zero attached hydrogens (tertiary/aromatic N) is 3. The molecule has 0 saturated heterocycles. The molecule has 45 heavy (non-hydrogen) atoms. The van der Waals surface area contributed by atoms with Gasteiger partial charge in [-0.15, -0.1) is 0 Å². The van der Waals surface area contributed by atoms with Crippen LogP contribution in [0.15, 0.2) is 87.5 Å². The normalized spacial score (nSPS) is 12.8. The fourth-order valence-corrected chi connectivity index (χ4v) is 6.05. The van der Waals surface area contributed by atoms with Gasteiger partial charge in [-0.2, -0.15) is 39.5 Å². The van der Waals surface area contributed by atoms with Gasteiger partial charge in [-0.05, 0) is 72.8 Å². The topological polar surface area (TPSA) is 66.9 Å². The predicted molar refractivity (Wildman–Crippen MR) is 155 cm³/mol. The van der Waals surface area contributed by atoms with Gasteiger partial charge in [0.1, 0.15) is 0 Å². The van der Waals surface area contributed by atoms with E-state index in [1.54, 1.807) is 0 Å². The van der Waals surface area contributed by atoms with Crippen molar-refractivity contribution in [2.45, 2.75) is 38.0 Å². The highest BCUT2D eigenvalue weighted by Gasteiger charge is 2.83. The minimum atomic E-state index is -7.43. The van der Waals surface area contributed by atoms with Crippen LogP contribution < -0.4 is 14.7 Å². The Balaban J connectivity index is 0.000000358. The number of benzene rings is 3. The maximum Gasteiger partial charge on any atom is 0.460 e. The molecule has 250 valence electrons. The summed E-state index contributed by atoms with van der Waals surface area (Å²) >= 11 is 0. The lowest BCUT2D eigenvalue weighted by Crippen LogP contribution is -2.63. The van der Waals surface area contributed by atoms with E-state index in [0.29, 0.717) is 0 Å². The zero-order chi connectivity index (χ0) is 34.8. The molecule has 0 amide bonds. The molecule has 0 N–H and O–H groups in total. The molecule has 0 unspecified atom stereocenters. The lowest BCUT2D eigenvalue weighted by molar-refractivity contribution is -0.382. The molecule has 0 aliphatic rings. The molecule has 3 rings (SSSR count). The molecule has 0 saturated carbocycles. The van der Waals surface area contributed by atoms with E-state index in [2.05, 4.69) is 130 Å². The molecule has 17 heteroatoms. The summed E-state index contributed by atoms with van der Waals surface area (Å²) in [7, 11) is 4.92. The van der Waals surface area contributed by atoms with Crippen molar-refractivity contribution in [3.63, 3.8) is 0 Å². The average molecular weight is 692 g/mol. The van der Waals surface area contributed by atoms with Crippen molar-refractivity contribution in [3.8, 4) is 0 Å². The standard InChI is InChI=1S/C24H30N3S.C4HF9O3S/c1-25(2)19-7-13-22(14-8-19)28(23-15-9-20(10-16-23)26(3)4)24-17-11-21(12-18-24)27(5)6;5-1(6,3(9,10)11)2(7,8)4(12,13)17(14,15)16/h7-18H,1-6H3;(H,14,15,16)/q+1;/p-1. The van der Waals surface area contributed by atoms with Crippen molar-refractivity contribution in [2.75, 3.05) is 57.0 Å². The summed E-state index contributed by atoms with van der Waals surface area (Å²) in [4.78, 5) is 10.4. The Bertz CT molecular complexity index is 1390. The summed E-state index contributed by atoms with van der Waals surface area (Å²) in [5, 5.41) is -7.11. The van der Waals surface area contributed by atoms with Gasteiger partial charge in [0.25, 0.3) is 0 Å². The summed E-state index contributed by atoms with van der Waals surface area (Å²) < 4.78 is 135. The molecule has 0 fully saturated rings. The molecular weight excluding hydrogens is 661 g/mol. The van der Waals surface area contributed by atoms with Crippen LogP contribution in [0, 0.1) is 0 Å². The summed E-state index contributed by atoms with van der Waals surface area (Å²) in [5.41, 5.74) is 3.66. The molecule has 0 aliphatic heterocycles. The zero-order valence-corrected chi connectivity index (χ0v) is 26.3. The zero-order valence-electron chi connectivity index (χ0n) is 24.7. The highest BCUT2D eigenvalue weighted by Crippen LogP contribution is 2.54. The van der Waals surface area contributed by atoms with Crippen LogP contribution in [0.25, 0.3) is 0 Å². The molecule has 6 nitrogen and oxygen atoms in total. The lowest BCUT2D eigenvalue weighted by Gasteiger charge is -2.34. The molecule has 0 heterocycles. The number of hydrogen-bond donors (Lipinski definition) is 0. The van der Waals surface area contributed by atoms with E-state index in [4.69, 9.17) is 0 Å². The number of anilines is 3. The Morgan fingerprint density at radius 1 is 0.511 bits per heavy atom. The first kappa shape index (κ1) is 37.9. The van der Waals surface area contributed by atoms with Crippen LogP contribution in [0.3, 0.4) is 0 Å². The molecule has 0 spiro atoms. The van der Waals surface area contributed by atoms with Crippen molar-refractivity contribution < 1.29 is 52.5 Å². The minimum absolute atomic E-state index is 0.135. The Kier molecular flexibility index (Phi) is 11.4. The van der Waals surface area contributed by atoms with Gasteiger partial charge >= 0.3 is 23.3 Å². The third-order valence-corrected chi connectivity index (χ3v) is 9.31. The first-order valence-corrected chi connectivity index (χ1v) is 15.2. The Morgan fingerprint density at radius 2 is 0.756 bits per heavy atom. The average Bonchev–Trinajstić information content (AvgIpc) is 2.93. The van der Waals surface area contributed by atoms with E-state index in [1.807, 2.05) is 0 Å². The number of hydrogen-bond acceptors (Lipinski definition) is 6. The minimum Gasteiger partial charge on any atom is -0.743 e. The molecular formula is C28H30F9N3O3S2. The van der Waals surface area contributed by atoms with Gasteiger partial charge in [0.15, 0.2) is 24.8 Å². The number of rotatable bonds is 9. The highest BCUT2D eigenvalue weighted by atomic mass is 32.2. The van der Waals surface area contributed by atoms with Crippen LogP contribution in [0.5, 0.6) is 0 Å². The van der Waals surface area contributed by atoms with Gasteiger partial charge in [-0.1, -0.05) is 0 Å². The van der Waals surface area contributed by atoms with Crippen LogP contribution in [-0.2, 0) is 21.0 Å². The lowest BCUT2D eigenvalue weighted by atomic mass is 10.1. The third-order valence-electron chi connectivity index (χ3n) is 6.20. The highest BCUT2D eigenvalue weighted by molar-refractivity contribution is 7.97. The summed E-state index contributed by atoms with van der Waals surface area (Å²) in [6, 6.07) is 26.8. The number of alkyl halides is 9. The fourth-order valence-electron chi connectivity index (χ4n) is 3.57. The first-order chi connectivity index (χ1) is 20.4. The van der Waals surface area contributed by atoms with Crippen molar-refractivity contribution in [1.29, 1.82) is 0 Å². The molecule has 0 atom stereocenters. The summed E-state index contributed by atoms with van der Waals surface area (Å²) in [5.74, 6) is -14.8. The van der Waals surface area contributed by atoms with Crippen molar-refractivity contribution >= 4 is 38.1 Å². The second kappa shape index (κ2) is 13.6. The maximum atomic E-state index is 12.2. The van der Waals surface area contributed by atoms with Gasteiger partial charge in [0.05, 0.1) is 10.9 Å².